The Bertz CT molecular complexity index is 785. The van der Waals surface area contributed by atoms with Crippen LogP contribution in [0.15, 0.2) is 36.4 Å². The summed E-state index contributed by atoms with van der Waals surface area (Å²) in [5.41, 5.74) is 2.23. The lowest BCUT2D eigenvalue weighted by Gasteiger charge is -2.18. The first-order chi connectivity index (χ1) is 11.6. The second kappa shape index (κ2) is 7.17. The predicted octanol–water partition coefficient (Wildman–Crippen LogP) is 5.04. The van der Waals surface area contributed by atoms with Gasteiger partial charge < -0.3 is 10.1 Å². The van der Waals surface area contributed by atoms with Crippen LogP contribution in [0.25, 0.3) is 0 Å². The van der Waals surface area contributed by atoms with Gasteiger partial charge in [0, 0.05) is 5.69 Å². The minimum absolute atomic E-state index is 0.0763. The Hall–Kier alpha value is -2.50. The van der Waals surface area contributed by atoms with Crippen LogP contribution in [0, 0.1) is 20.8 Å². The normalized spacial score (nSPS) is 12.6. The van der Waals surface area contributed by atoms with Gasteiger partial charge in [-0.15, -0.1) is 0 Å². The number of rotatable bonds is 4. The Morgan fingerprint density at radius 3 is 2.44 bits per heavy atom. The smallest absolute Gasteiger partial charge is 0.416 e. The number of amides is 1. The number of benzene rings is 2. The van der Waals surface area contributed by atoms with E-state index in [1.165, 1.54) is 12.1 Å². The minimum Gasteiger partial charge on any atom is -0.481 e. The summed E-state index contributed by atoms with van der Waals surface area (Å²) in [7, 11) is 0. The Morgan fingerprint density at radius 1 is 1.12 bits per heavy atom. The summed E-state index contributed by atoms with van der Waals surface area (Å²) in [4.78, 5) is 12.2. The van der Waals surface area contributed by atoms with Gasteiger partial charge in [0.15, 0.2) is 6.10 Å². The molecule has 0 aliphatic heterocycles. The monoisotopic (exact) mass is 351 g/mol. The summed E-state index contributed by atoms with van der Waals surface area (Å²) >= 11 is 0. The van der Waals surface area contributed by atoms with Crippen molar-refractivity contribution < 1.29 is 22.7 Å². The molecule has 0 bridgehead atoms. The molecule has 1 atom stereocenters. The molecule has 2 aromatic carbocycles. The van der Waals surface area contributed by atoms with Gasteiger partial charge in [-0.3, -0.25) is 4.79 Å². The Labute approximate surface area is 144 Å². The van der Waals surface area contributed by atoms with E-state index in [1.807, 2.05) is 32.9 Å². The number of aryl methyl sites for hydroxylation is 2. The van der Waals surface area contributed by atoms with Gasteiger partial charge in [-0.25, -0.2) is 0 Å². The highest BCUT2D eigenvalue weighted by Gasteiger charge is 2.30. The molecule has 0 unspecified atom stereocenters. The quantitative estimate of drug-likeness (QED) is 0.838. The van der Waals surface area contributed by atoms with Gasteiger partial charge in [0.25, 0.3) is 5.91 Å². The first-order valence-electron chi connectivity index (χ1n) is 7.80. The summed E-state index contributed by atoms with van der Waals surface area (Å²) in [5, 5.41) is 2.46. The van der Waals surface area contributed by atoms with Crippen LogP contribution in [0.2, 0.25) is 0 Å². The molecule has 0 aromatic heterocycles. The predicted molar refractivity (Wildman–Crippen MR) is 90.8 cm³/mol. The summed E-state index contributed by atoms with van der Waals surface area (Å²) in [6.07, 6.45) is -5.31. The molecule has 134 valence electrons. The molecule has 0 aliphatic rings. The standard InChI is InChI=1S/C19H20F3NO2/c1-11-8-12(2)13(3)17(9-11)25-14(4)18(24)23-16-7-5-6-15(10-16)19(20,21)22/h5-10,14H,1-4H3,(H,23,24)/t14-/m0/s1. The summed E-state index contributed by atoms with van der Waals surface area (Å²) in [6.45, 7) is 7.32. The molecule has 3 nitrogen and oxygen atoms in total. The molecule has 0 saturated heterocycles. The summed E-state index contributed by atoms with van der Waals surface area (Å²) in [6, 6.07) is 8.34. The van der Waals surface area contributed by atoms with E-state index in [0.29, 0.717) is 5.75 Å². The average molecular weight is 351 g/mol. The fourth-order valence-corrected chi connectivity index (χ4v) is 2.38. The number of carbonyl (C=O) groups excluding carboxylic acids is 1. The SMILES string of the molecule is Cc1cc(C)c(C)c(O[C@@H](C)C(=O)Nc2cccc(C(F)(F)F)c2)c1. The Balaban J connectivity index is 2.11. The molecule has 6 heteroatoms. The van der Waals surface area contributed by atoms with Crippen molar-refractivity contribution in [3.8, 4) is 5.75 Å². The zero-order valence-electron chi connectivity index (χ0n) is 14.5. The number of nitrogens with one attached hydrogen (secondary N) is 1. The van der Waals surface area contributed by atoms with Crippen molar-refractivity contribution in [1.82, 2.24) is 0 Å². The number of anilines is 1. The van der Waals surface area contributed by atoms with Crippen LogP contribution >= 0.6 is 0 Å². The largest absolute Gasteiger partial charge is 0.481 e. The molecular formula is C19H20F3NO2. The third kappa shape index (κ3) is 4.75. The van der Waals surface area contributed by atoms with E-state index in [0.717, 1.165) is 28.8 Å². The third-order valence-electron chi connectivity index (χ3n) is 3.89. The number of ether oxygens (including phenoxy) is 1. The van der Waals surface area contributed by atoms with Crippen LogP contribution in [0.5, 0.6) is 5.75 Å². The second-order valence-corrected chi connectivity index (χ2v) is 6.03. The molecule has 1 N–H and O–H groups in total. The number of hydrogen-bond acceptors (Lipinski definition) is 2. The maximum absolute atomic E-state index is 12.7. The minimum atomic E-state index is -4.46. The van der Waals surface area contributed by atoms with Gasteiger partial charge >= 0.3 is 6.18 Å². The highest BCUT2D eigenvalue weighted by Crippen LogP contribution is 2.31. The van der Waals surface area contributed by atoms with Gasteiger partial charge in [-0.05, 0) is 68.7 Å². The van der Waals surface area contributed by atoms with Gasteiger partial charge in [0.05, 0.1) is 5.56 Å². The van der Waals surface area contributed by atoms with Gasteiger partial charge in [-0.2, -0.15) is 13.2 Å². The Morgan fingerprint density at radius 2 is 1.80 bits per heavy atom. The molecule has 0 fully saturated rings. The molecule has 2 aromatic rings. The number of alkyl halides is 3. The number of hydrogen-bond donors (Lipinski definition) is 1. The lowest BCUT2D eigenvalue weighted by Crippen LogP contribution is -2.30. The van der Waals surface area contributed by atoms with Crippen molar-refractivity contribution >= 4 is 11.6 Å². The van der Waals surface area contributed by atoms with E-state index < -0.39 is 23.8 Å². The zero-order valence-corrected chi connectivity index (χ0v) is 14.5. The molecule has 0 radical (unpaired) electrons. The third-order valence-corrected chi connectivity index (χ3v) is 3.89. The van der Waals surface area contributed by atoms with E-state index in [4.69, 9.17) is 4.74 Å². The lowest BCUT2D eigenvalue weighted by atomic mass is 10.1. The van der Waals surface area contributed by atoms with Crippen LogP contribution in [-0.2, 0) is 11.0 Å². The van der Waals surface area contributed by atoms with E-state index in [1.54, 1.807) is 6.92 Å². The second-order valence-electron chi connectivity index (χ2n) is 6.03. The van der Waals surface area contributed by atoms with Crippen LogP contribution in [0.4, 0.5) is 18.9 Å². The first-order valence-corrected chi connectivity index (χ1v) is 7.80. The highest BCUT2D eigenvalue weighted by atomic mass is 19.4. The number of carbonyl (C=O) groups is 1. The molecular weight excluding hydrogens is 331 g/mol. The van der Waals surface area contributed by atoms with Gasteiger partial charge in [0.2, 0.25) is 0 Å². The molecule has 0 aliphatic carbocycles. The topological polar surface area (TPSA) is 38.3 Å². The molecule has 0 heterocycles. The Kier molecular flexibility index (Phi) is 5.40. The van der Waals surface area contributed by atoms with E-state index in [-0.39, 0.29) is 5.69 Å². The van der Waals surface area contributed by atoms with Crippen molar-refractivity contribution in [2.45, 2.75) is 40.0 Å². The molecule has 0 saturated carbocycles. The molecule has 25 heavy (non-hydrogen) atoms. The average Bonchev–Trinajstić information content (AvgIpc) is 2.51. The van der Waals surface area contributed by atoms with Crippen molar-refractivity contribution in [3.05, 3.63) is 58.7 Å². The van der Waals surface area contributed by atoms with E-state index in [9.17, 15) is 18.0 Å². The fourth-order valence-electron chi connectivity index (χ4n) is 2.38. The van der Waals surface area contributed by atoms with Gasteiger partial charge in [0.1, 0.15) is 5.75 Å². The van der Waals surface area contributed by atoms with Crippen LogP contribution in [0.3, 0.4) is 0 Å². The van der Waals surface area contributed by atoms with Crippen LogP contribution in [-0.4, -0.2) is 12.0 Å². The van der Waals surface area contributed by atoms with Crippen molar-refractivity contribution in [1.29, 1.82) is 0 Å². The lowest BCUT2D eigenvalue weighted by molar-refractivity contribution is -0.137. The summed E-state index contributed by atoms with van der Waals surface area (Å²) < 4.78 is 43.9. The van der Waals surface area contributed by atoms with Crippen LogP contribution < -0.4 is 10.1 Å². The molecule has 1 amide bonds. The summed E-state index contributed by atoms with van der Waals surface area (Å²) in [5.74, 6) is 0.0714. The zero-order chi connectivity index (χ0) is 18.8. The molecule has 0 spiro atoms. The molecule has 2 rings (SSSR count). The van der Waals surface area contributed by atoms with E-state index >= 15 is 0 Å². The maximum Gasteiger partial charge on any atom is 0.416 e. The van der Waals surface area contributed by atoms with Crippen molar-refractivity contribution in [2.24, 2.45) is 0 Å². The fraction of sp³-hybridized carbons (Fsp3) is 0.316. The number of halogens is 3. The van der Waals surface area contributed by atoms with Crippen LogP contribution in [0.1, 0.15) is 29.2 Å². The van der Waals surface area contributed by atoms with Crippen molar-refractivity contribution in [3.63, 3.8) is 0 Å². The van der Waals surface area contributed by atoms with Gasteiger partial charge in [-0.1, -0.05) is 12.1 Å². The maximum atomic E-state index is 12.7. The first kappa shape index (κ1) is 18.8. The highest BCUT2D eigenvalue weighted by molar-refractivity contribution is 5.94. The van der Waals surface area contributed by atoms with E-state index in [2.05, 4.69) is 5.32 Å². The van der Waals surface area contributed by atoms with Crippen molar-refractivity contribution in [2.75, 3.05) is 5.32 Å².